The van der Waals surface area contributed by atoms with Crippen molar-refractivity contribution in [2.45, 2.75) is 13.3 Å². The molecule has 2 rings (SSSR count). The van der Waals surface area contributed by atoms with E-state index >= 15 is 0 Å². The van der Waals surface area contributed by atoms with Crippen molar-refractivity contribution in [1.29, 1.82) is 5.26 Å². The van der Waals surface area contributed by atoms with E-state index in [1.54, 1.807) is 36.4 Å². The Morgan fingerprint density at radius 1 is 1.25 bits per heavy atom. The smallest absolute Gasteiger partial charge is 0.259 e. The van der Waals surface area contributed by atoms with Crippen LogP contribution in [0, 0.1) is 18.3 Å². The van der Waals surface area contributed by atoms with E-state index in [0.717, 1.165) is 11.1 Å². The SMILES string of the molecule is Cc1ccc(O)c(C(=O)Nc2ccc(CC#N)cc2)c1. The number of aryl methyl sites for hydroxylation is 1. The van der Waals surface area contributed by atoms with Gasteiger partial charge in [0.25, 0.3) is 5.91 Å². The van der Waals surface area contributed by atoms with Crippen LogP contribution in [0.2, 0.25) is 0 Å². The number of hydrogen-bond donors (Lipinski definition) is 2. The first-order valence-electron chi connectivity index (χ1n) is 6.17. The summed E-state index contributed by atoms with van der Waals surface area (Å²) in [6.07, 6.45) is 0.340. The van der Waals surface area contributed by atoms with Crippen LogP contribution >= 0.6 is 0 Å². The zero-order chi connectivity index (χ0) is 14.5. The van der Waals surface area contributed by atoms with Gasteiger partial charge in [-0.25, -0.2) is 0 Å². The predicted octanol–water partition coefficient (Wildman–Crippen LogP) is 3.02. The van der Waals surface area contributed by atoms with Crippen molar-refractivity contribution < 1.29 is 9.90 Å². The van der Waals surface area contributed by atoms with Gasteiger partial charge in [0.1, 0.15) is 5.75 Å². The van der Waals surface area contributed by atoms with Crippen LogP contribution in [0.3, 0.4) is 0 Å². The maximum absolute atomic E-state index is 12.1. The van der Waals surface area contributed by atoms with Crippen molar-refractivity contribution >= 4 is 11.6 Å². The fourth-order valence-electron chi connectivity index (χ4n) is 1.83. The number of carbonyl (C=O) groups excluding carboxylic acids is 1. The molecule has 2 aromatic carbocycles. The van der Waals surface area contributed by atoms with Crippen molar-refractivity contribution in [3.05, 3.63) is 59.2 Å². The van der Waals surface area contributed by atoms with Crippen LogP contribution in [0.1, 0.15) is 21.5 Å². The summed E-state index contributed by atoms with van der Waals surface area (Å²) in [6, 6.07) is 14.0. The third-order valence-electron chi connectivity index (χ3n) is 2.89. The molecule has 0 fully saturated rings. The molecule has 1 amide bonds. The fraction of sp³-hybridized carbons (Fsp3) is 0.125. The Bertz CT molecular complexity index is 670. The topological polar surface area (TPSA) is 73.1 Å². The fourth-order valence-corrected chi connectivity index (χ4v) is 1.83. The first-order chi connectivity index (χ1) is 9.60. The van der Waals surface area contributed by atoms with E-state index in [0.29, 0.717) is 12.1 Å². The number of hydrogen-bond acceptors (Lipinski definition) is 3. The molecule has 2 aromatic rings. The number of phenolic OH excluding ortho intramolecular Hbond substituents is 1. The molecule has 0 saturated heterocycles. The van der Waals surface area contributed by atoms with Crippen LogP contribution in [0.5, 0.6) is 5.75 Å². The van der Waals surface area contributed by atoms with E-state index in [1.807, 2.05) is 6.92 Å². The van der Waals surface area contributed by atoms with Gasteiger partial charge in [0, 0.05) is 5.69 Å². The summed E-state index contributed by atoms with van der Waals surface area (Å²) >= 11 is 0. The monoisotopic (exact) mass is 266 g/mol. The van der Waals surface area contributed by atoms with Gasteiger partial charge in [-0.2, -0.15) is 5.26 Å². The van der Waals surface area contributed by atoms with E-state index in [2.05, 4.69) is 11.4 Å². The lowest BCUT2D eigenvalue weighted by Crippen LogP contribution is -2.12. The molecule has 0 heterocycles. The summed E-state index contributed by atoms with van der Waals surface area (Å²) in [4.78, 5) is 12.1. The van der Waals surface area contributed by atoms with Crippen molar-refractivity contribution in [1.82, 2.24) is 0 Å². The Balaban J connectivity index is 2.15. The highest BCUT2D eigenvalue weighted by molar-refractivity contribution is 6.06. The normalized spacial score (nSPS) is 9.80. The molecular formula is C16H14N2O2. The number of rotatable bonds is 3. The van der Waals surface area contributed by atoms with Gasteiger partial charge < -0.3 is 10.4 Å². The maximum Gasteiger partial charge on any atom is 0.259 e. The van der Waals surface area contributed by atoms with Gasteiger partial charge in [-0.15, -0.1) is 0 Å². The highest BCUT2D eigenvalue weighted by Crippen LogP contribution is 2.20. The number of amides is 1. The average Bonchev–Trinajstić information content (AvgIpc) is 2.44. The van der Waals surface area contributed by atoms with E-state index < -0.39 is 0 Å². The molecule has 0 aliphatic carbocycles. The summed E-state index contributed by atoms with van der Waals surface area (Å²) in [7, 11) is 0. The molecule has 0 aromatic heterocycles. The largest absolute Gasteiger partial charge is 0.507 e. The van der Waals surface area contributed by atoms with Crippen LogP contribution in [0.15, 0.2) is 42.5 Å². The average molecular weight is 266 g/mol. The van der Waals surface area contributed by atoms with E-state index in [9.17, 15) is 9.90 Å². The Morgan fingerprint density at radius 3 is 2.60 bits per heavy atom. The highest BCUT2D eigenvalue weighted by atomic mass is 16.3. The third kappa shape index (κ3) is 3.15. The van der Waals surface area contributed by atoms with Crippen molar-refractivity contribution in [2.24, 2.45) is 0 Å². The van der Waals surface area contributed by atoms with Gasteiger partial charge in [-0.05, 0) is 36.8 Å². The van der Waals surface area contributed by atoms with Crippen LogP contribution in [0.25, 0.3) is 0 Å². The molecule has 20 heavy (non-hydrogen) atoms. The molecule has 4 heteroatoms. The lowest BCUT2D eigenvalue weighted by molar-refractivity contribution is 0.102. The number of carbonyl (C=O) groups is 1. The van der Waals surface area contributed by atoms with E-state index in [4.69, 9.17) is 5.26 Å². The van der Waals surface area contributed by atoms with Gasteiger partial charge >= 0.3 is 0 Å². The second-order valence-corrected chi connectivity index (χ2v) is 4.51. The number of nitrogens with zero attached hydrogens (tertiary/aromatic N) is 1. The standard InChI is InChI=1S/C16H14N2O2/c1-11-2-7-15(19)14(10-11)16(20)18-13-5-3-12(4-6-13)8-9-17/h2-7,10,19H,8H2,1H3,(H,18,20). The molecular weight excluding hydrogens is 252 g/mol. The minimum atomic E-state index is -0.362. The van der Waals surface area contributed by atoms with Crippen molar-refractivity contribution in [3.8, 4) is 11.8 Å². The van der Waals surface area contributed by atoms with Crippen LogP contribution in [-0.2, 0) is 6.42 Å². The summed E-state index contributed by atoms with van der Waals surface area (Å²) in [5, 5.41) is 21.0. The number of aromatic hydroxyl groups is 1. The second kappa shape index (κ2) is 5.89. The predicted molar refractivity (Wildman–Crippen MR) is 76.6 cm³/mol. The van der Waals surface area contributed by atoms with Crippen LogP contribution in [0.4, 0.5) is 5.69 Å². The van der Waals surface area contributed by atoms with Gasteiger partial charge in [0.2, 0.25) is 0 Å². The molecule has 0 aliphatic rings. The number of nitrogens with one attached hydrogen (secondary N) is 1. The quantitative estimate of drug-likeness (QED) is 0.896. The lowest BCUT2D eigenvalue weighted by Gasteiger charge is -2.08. The first-order valence-corrected chi connectivity index (χ1v) is 6.17. The number of nitriles is 1. The number of phenols is 1. The Hall–Kier alpha value is -2.80. The Labute approximate surface area is 117 Å². The van der Waals surface area contributed by atoms with Gasteiger partial charge in [0.15, 0.2) is 0 Å². The Morgan fingerprint density at radius 2 is 1.95 bits per heavy atom. The molecule has 0 atom stereocenters. The molecule has 0 radical (unpaired) electrons. The zero-order valence-electron chi connectivity index (χ0n) is 11.1. The van der Waals surface area contributed by atoms with Crippen molar-refractivity contribution in [3.63, 3.8) is 0 Å². The Kier molecular flexibility index (Phi) is 4.02. The van der Waals surface area contributed by atoms with Gasteiger partial charge in [-0.1, -0.05) is 23.8 Å². The summed E-state index contributed by atoms with van der Waals surface area (Å²) in [6.45, 7) is 1.85. The maximum atomic E-state index is 12.1. The van der Waals surface area contributed by atoms with Gasteiger partial charge in [0.05, 0.1) is 18.1 Å². The second-order valence-electron chi connectivity index (χ2n) is 4.51. The highest BCUT2D eigenvalue weighted by Gasteiger charge is 2.11. The molecule has 0 spiro atoms. The molecule has 2 N–H and O–H groups in total. The summed E-state index contributed by atoms with van der Waals surface area (Å²) < 4.78 is 0. The van der Waals surface area contributed by atoms with E-state index in [-0.39, 0.29) is 17.2 Å². The van der Waals surface area contributed by atoms with Crippen LogP contribution in [-0.4, -0.2) is 11.0 Å². The van der Waals surface area contributed by atoms with Gasteiger partial charge in [-0.3, -0.25) is 4.79 Å². The molecule has 0 unspecified atom stereocenters. The van der Waals surface area contributed by atoms with E-state index in [1.165, 1.54) is 6.07 Å². The zero-order valence-corrected chi connectivity index (χ0v) is 11.1. The molecule has 4 nitrogen and oxygen atoms in total. The molecule has 0 bridgehead atoms. The van der Waals surface area contributed by atoms with Crippen molar-refractivity contribution in [2.75, 3.05) is 5.32 Å². The number of anilines is 1. The third-order valence-corrected chi connectivity index (χ3v) is 2.89. The van der Waals surface area contributed by atoms with Crippen LogP contribution < -0.4 is 5.32 Å². The molecule has 0 saturated carbocycles. The molecule has 0 aliphatic heterocycles. The summed E-state index contributed by atoms with van der Waals surface area (Å²) in [5.41, 5.74) is 2.66. The molecule has 100 valence electrons. The first kappa shape index (κ1) is 13.6. The number of benzene rings is 2. The minimum absolute atomic E-state index is 0.0470. The summed E-state index contributed by atoms with van der Waals surface area (Å²) in [5.74, 6) is -0.409. The minimum Gasteiger partial charge on any atom is -0.507 e. The lowest BCUT2D eigenvalue weighted by atomic mass is 10.1.